The van der Waals surface area contributed by atoms with Gasteiger partial charge in [0.25, 0.3) is 11.8 Å². The van der Waals surface area contributed by atoms with E-state index in [1.54, 1.807) is 0 Å². The van der Waals surface area contributed by atoms with Gasteiger partial charge in [0, 0.05) is 6.07 Å². The molecule has 19 heavy (non-hydrogen) atoms. The number of carbonyl (C=O) groups excluding carboxylic acids is 1. The molecule has 1 amide bonds. The Bertz CT molecular complexity index is 630. The molecule has 0 aliphatic carbocycles. The number of benzene rings is 1. The van der Waals surface area contributed by atoms with E-state index in [4.69, 9.17) is 4.74 Å². The van der Waals surface area contributed by atoms with Crippen molar-refractivity contribution < 1.29 is 22.8 Å². The molecule has 2 rings (SSSR count). The number of methoxy groups -OCH3 is 1. The maximum Gasteiger partial charge on any atom is 0.294 e. The molecule has 1 N–H and O–H groups in total. The highest BCUT2D eigenvalue weighted by molar-refractivity contribution is 9.10. The van der Waals surface area contributed by atoms with Gasteiger partial charge in [0.15, 0.2) is 0 Å². The lowest BCUT2D eigenvalue weighted by Crippen LogP contribution is -2.12. The maximum atomic E-state index is 13.4. The molecule has 0 saturated carbocycles. The van der Waals surface area contributed by atoms with E-state index in [1.165, 1.54) is 13.2 Å². The number of carbonyl (C=O) groups is 1. The molecular formula is C11H7BrF2N2O3. The summed E-state index contributed by atoms with van der Waals surface area (Å²) in [4.78, 5) is 11.7. The minimum absolute atomic E-state index is 0.0272. The first-order valence-corrected chi connectivity index (χ1v) is 5.77. The molecule has 1 aromatic carbocycles. The Morgan fingerprint density at radius 1 is 1.37 bits per heavy atom. The zero-order valence-electron chi connectivity index (χ0n) is 9.54. The van der Waals surface area contributed by atoms with E-state index in [9.17, 15) is 13.6 Å². The van der Waals surface area contributed by atoms with E-state index in [2.05, 4.69) is 30.9 Å². The molecule has 0 unspecified atom stereocenters. The number of anilines is 1. The second kappa shape index (κ2) is 5.35. The van der Waals surface area contributed by atoms with Gasteiger partial charge in [0.05, 0.1) is 23.3 Å². The lowest BCUT2D eigenvalue weighted by Gasteiger charge is -2.05. The van der Waals surface area contributed by atoms with Gasteiger partial charge in [0.2, 0.25) is 5.76 Å². The third-order valence-corrected chi connectivity index (χ3v) is 2.79. The molecule has 0 atom stereocenters. The first-order chi connectivity index (χ1) is 9.01. The van der Waals surface area contributed by atoms with Crippen LogP contribution in [0.5, 0.6) is 5.88 Å². The van der Waals surface area contributed by atoms with E-state index in [-0.39, 0.29) is 21.8 Å². The number of ether oxygens (including phenoxy) is 1. The first-order valence-electron chi connectivity index (χ1n) is 4.98. The van der Waals surface area contributed by atoms with Crippen molar-refractivity contribution >= 4 is 27.5 Å². The number of halogens is 3. The highest BCUT2D eigenvalue weighted by Gasteiger charge is 2.16. The van der Waals surface area contributed by atoms with Crippen LogP contribution < -0.4 is 10.1 Å². The SMILES string of the molecule is COc1cc(C(=O)Nc2cc(Br)c(F)cc2F)on1. The summed E-state index contributed by atoms with van der Waals surface area (Å²) in [6, 6.07) is 3.00. The number of nitrogens with zero attached hydrogens (tertiary/aromatic N) is 1. The predicted octanol–water partition coefficient (Wildman–Crippen LogP) is 2.98. The van der Waals surface area contributed by atoms with E-state index in [0.29, 0.717) is 6.07 Å². The summed E-state index contributed by atoms with van der Waals surface area (Å²) in [6.45, 7) is 0. The molecule has 0 fully saturated rings. The number of hydrogen-bond acceptors (Lipinski definition) is 4. The van der Waals surface area contributed by atoms with Crippen molar-refractivity contribution in [2.24, 2.45) is 0 Å². The standard InChI is InChI=1S/C11H7BrF2N2O3/c1-18-10-4-9(19-16-10)11(17)15-8-2-5(12)6(13)3-7(8)14/h2-4H,1H3,(H,15,17). The largest absolute Gasteiger partial charge is 0.479 e. The van der Waals surface area contributed by atoms with E-state index >= 15 is 0 Å². The Morgan fingerprint density at radius 3 is 2.74 bits per heavy atom. The lowest BCUT2D eigenvalue weighted by atomic mass is 10.3. The van der Waals surface area contributed by atoms with Gasteiger partial charge in [0.1, 0.15) is 11.6 Å². The third kappa shape index (κ3) is 2.90. The Labute approximate surface area is 114 Å². The normalized spacial score (nSPS) is 10.3. The van der Waals surface area contributed by atoms with Crippen LogP contribution in [0.15, 0.2) is 27.2 Å². The highest BCUT2D eigenvalue weighted by Crippen LogP contribution is 2.24. The number of rotatable bonds is 3. The molecular weight excluding hydrogens is 326 g/mol. The van der Waals surface area contributed by atoms with Crippen molar-refractivity contribution in [2.75, 3.05) is 12.4 Å². The lowest BCUT2D eigenvalue weighted by molar-refractivity contribution is 0.0987. The molecule has 1 heterocycles. The summed E-state index contributed by atoms with van der Waals surface area (Å²) in [6.07, 6.45) is 0. The van der Waals surface area contributed by atoms with Crippen LogP contribution in [0, 0.1) is 11.6 Å². The summed E-state index contributed by atoms with van der Waals surface area (Å²) in [7, 11) is 1.36. The van der Waals surface area contributed by atoms with Crippen LogP contribution in [0.1, 0.15) is 10.6 Å². The van der Waals surface area contributed by atoms with Gasteiger partial charge in [-0.3, -0.25) is 4.79 Å². The van der Waals surface area contributed by atoms with Gasteiger partial charge in [-0.25, -0.2) is 8.78 Å². The maximum absolute atomic E-state index is 13.4. The van der Waals surface area contributed by atoms with Crippen LogP contribution in [0.2, 0.25) is 0 Å². The molecule has 5 nitrogen and oxygen atoms in total. The number of nitrogens with one attached hydrogen (secondary N) is 1. The molecule has 0 aliphatic heterocycles. The molecule has 100 valence electrons. The Kier molecular flexibility index (Phi) is 3.79. The molecule has 1 aromatic heterocycles. The van der Waals surface area contributed by atoms with Gasteiger partial charge >= 0.3 is 0 Å². The summed E-state index contributed by atoms with van der Waals surface area (Å²) in [5, 5.41) is 5.66. The van der Waals surface area contributed by atoms with Gasteiger partial charge in [-0.1, -0.05) is 0 Å². The Hall–Kier alpha value is -1.96. The van der Waals surface area contributed by atoms with Crippen molar-refractivity contribution in [3.63, 3.8) is 0 Å². The van der Waals surface area contributed by atoms with E-state index in [1.807, 2.05) is 0 Å². The van der Waals surface area contributed by atoms with Gasteiger partial charge in [-0.2, -0.15) is 0 Å². The average molecular weight is 333 g/mol. The topological polar surface area (TPSA) is 64.4 Å². The van der Waals surface area contributed by atoms with Crippen LogP contribution >= 0.6 is 15.9 Å². The van der Waals surface area contributed by atoms with E-state index in [0.717, 1.165) is 6.07 Å². The fraction of sp³-hybridized carbons (Fsp3) is 0.0909. The van der Waals surface area contributed by atoms with Gasteiger partial charge in [-0.15, -0.1) is 0 Å². The molecule has 0 spiro atoms. The quantitative estimate of drug-likeness (QED) is 0.877. The minimum Gasteiger partial charge on any atom is -0.479 e. The number of hydrogen-bond donors (Lipinski definition) is 1. The summed E-state index contributed by atoms with van der Waals surface area (Å²) in [5.74, 6) is -2.44. The molecule has 0 saturated heterocycles. The zero-order chi connectivity index (χ0) is 14.0. The fourth-order valence-electron chi connectivity index (χ4n) is 1.26. The van der Waals surface area contributed by atoms with Crippen LogP contribution in [-0.2, 0) is 0 Å². The third-order valence-electron chi connectivity index (χ3n) is 2.18. The monoisotopic (exact) mass is 332 g/mol. The summed E-state index contributed by atoms with van der Waals surface area (Å²) < 4.78 is 35.9. The predicted molar refractivity (Wildman–Crippen MR) is 65.1 cm³/mol. The van der Waals surface area contributed by atoms with Crippen molar-refractivity contribution in [1.29, 1.82) is 0 Å². The molecule has 2 aromatic rings. The zero-order valence-corrected chi connectivity index (χ0v) is 11.1. The van der Waals surface area contributed by atoms with E-state index < -0.39 is 17.5 Å². The number of amides is 1. The smallest absolute Gasteiger partial charge is 0.294 e. The Balaban J connectivity index is 2.21. The molecule has 8 heteroatoms. The number of aromatic nitrogens is 1. The van der Waals surface area contributed by atoms with Gasteiger partial charge < -0.3 is 14.6 Å². The van der Waals surface area contributed by atoms with Crippen LogP contribution in [0.4, 0.5) is 14.5 Å². The van der Waals surface area contributed by atoms with Gasteiger partial charge in [-0.05, 0) is 27.2 Å². The minimum atomic E-state index is -0.902. The molecule has 0 bridgehead atoms. The van der Waals surface area contributed by atoms with Crippen LogP contribution in [-0.4, -0.2) is 18.2 Å². The summed E-state index contributed by atoms with van der Waals surface area (Å²) in [5.41, 5.74) is -0.186. The first kappa shape index (κ1) is 13.5. The van der Waals surface area contributed by atoms with Crippen LogP contribution in [0.3, 0.4) is 0 Å². The fourth-order valence-corrected chi connectivity index (χ4v) is 1.61. The highest BCUT2D eigenvalue weighted by atomic mass is 79.9. The summed E-state index contributed by atoms with van der Waals surface area (Å²) >= 11 is 2.89. The second-order valence-electron chi connectivity index (χ2n) is 3.43. The Morgan fingerprint density at radius 2 is 2.11 bits per heavy atom. The van der Waals surface area contributed by atoms with Crippen molar-refractivity contribution in [1.82, 2.24) is 5.16 Å². The van der Waals surface area contributed by atoms with Crippen molar-refractivity contribution in [2.45, 2.75) is 0 Å². The molecule has 0 aliphatic rings. The average Bonchev–Trinajstić information content (AvgIpc) is 2.84. The molecule has 0 radical (unpaired) electrons. The van der Waals surface area contributed by atoms with Crippen molar-refractivity contribution in [3.8, 4) is 5.88 Å². The second-order valence-corrected chi connectivity index (χ2v) is 4.29. The van der Waals surface area contributed by atoms with Crippen LogP contribution in [0.25, 0.3) is 0 Å². The van der Waals surface area contributed by atoms with Crippen molar-refractivity contribution in [3.05, 3.63) is 40.1 Å².